The van der Waals surface area contributed by atoms with E-state index >= 15 is 0 Å². The second-order valence-electron chi connectivity index (χ2n) is 9.16. The molecule has 7 heteroatoms. The molecule has 7 nitrogen and oxygen atoms in total. The first-order chi connectivity index (χ1) is 16.5. The van der Waals surface area contributed by atoms with Crippen molar-refractivity contribution in [1.82, 2.24) is 24.6 Å². The fourth-order valence-corrected chi connectivity index (χ4v) is 4.43. The highest BCUT2D eigenvalue weighted by molar-refractivity contribution is 5.89. The third-order valence-electron chi connectivity index (χ3n) is 6.50. The minimum Gasteiger partial charge on any atom is -0.354 e. The van der Waals surface area contributed by atoms with Gasteiger partial charge in [-0.15, -0.1) is 0 Å². The Morgan fingerprint density at radius 2 is 1.76 bits per heavy atom. The van der Waals surface area contributed by atoms with Gasteiger partial charge in [-0.05, 0) is 49.1 Å². The van der Waals surface area contributed by atoms with E-state index in [0.29, 0.717) is 6.04 Å². The van der Waals surface area contributed by atoms with Crippen LogP contribution in [-0.2, 0) is 7.05 Å². The average Bonchev–Trinajstić information content (AvgIpc) is 3.30. The molecule has 3 aromatic heterocycles. The van der Waals surface area contributed by atoms with Gasteiger partial charge in [-0.1, -0.05) is 18.7 Å². The first-order valence-corrected chi connectivity index (χ1v) is 11.8. The molecule has 1 saturated heterocycles. The lowest BCUT2D eigenvalue weighted by Gasteiger charge is -2.37. The average molecular weight is 454 g/mol. The van der Waals surface area contributed by atoms with Gasteiger partial charge in [0.05, 0.1) is 6.20 Å². The van der Waals surface area contributed by atoms with Crippen molar-refractivity contribution in [3.05, 3.63) is 73.3 Å². The number of pyridine rings is 2. The molecule has 0 aliphatic carbocycles. The zero-order valence-electron chi connectivity index (χ0n) is 20.1. The number of aryl methyl sites for hydroxylation is 1. The summed E-state index contributed by atoms with van der Waals surface area (Å²) in [5.74, 6) is 1.76. The molecule has 0 saturated carbocycles. The highest BCUT2D eigenvalue weighted by Crippen LogP contribution is 2.27. The summed E-state index contributed by atoms with van der Waals surface area (Å²) in [5, 5.41) is 9.88. The fourth-order valence-electron chi connectivity index (χ4n) is 4.43. The number of benzene rings is 1. The quantitative estimate of drug-likeness (QED) is 0.459. The van der Waals surface area contributed by atoms with Crippen LogP contribution in [0.3, 0.4) is 0 Å². The predicted octanol–water partition coefficient (Wildman–Crippen LogP) is 4.64. The summed E-state index contributed by atoms with van der Waals surface area (Å²) >= 11 is 0. The molecule has 0 bridgehead atoms. The summed E-state index contributed by atoms with van der Waals surface area (Å²) in [5.41, 5.74) is 4.05. The maximum atomic E-state index is 4.62. The van der Waals surface area contributed by atoms with Gasteiger partial charge < -0.3 is 10.2 Å². The van der Waals surface area contributed by atoms with Crippen LogP contribution in [0.15, 0.2) is 67.8 Å². The van der Waals surface area contributed by atoms with E-state index in [4.69, 9.17) is 0 Å². The van der Waals surface area contributed by atoms with Crippen molar-refractivity contribution in [2.45, 2.75) is 19.9 Å². The van der Waals surface area contributed by atoms with Crippen LogP contribution >= 0.6 is 0 Å². The van der Waals surface area contributed by atoms with Crippen LogP contribution in [0.5, 0.6) is 0 Å². The number of hydrogen-bond acceptors (Lipinski definition) is 6. The largest absolute Gasteiger partial charge is 0.354 e. The first-order valence-electron chi connectivity index (χ1n) is 11.8. The number of hydrogen-bond donors (Lipinski definition) is 1. The minimum absolute atomic E-state index is 0.584. The van der Waals surface area contributed by atoms with Gasteiger partial charge in [0.25, 0.3) is 0 Å². The van der Waals surface area contributed by atoms with E-state index in [2.05, 4.69) is 80.9 Å². The molecule has 174 valence electrons. The molecule has 1 fully saturated rings. The molecule has 0 radical (unpaired) electrons. The van der Waals surface area contributed by atoms with Crippen LogP contribution in [0.1, 0.15) is 19.4 Å². The van der Waals surface area contributed by atoms with Crippen molar-refractivity contribution in [2.24, 2.45) is 7.05 Å². The molecule has 0 unspecified atom stereocenters. The Morgan fingerprint density at radius 1 is 0.941 bits per heavy atom. The Hall–Kier alpha value is -3.71. The van der Waals surface area contributed by atoms with Crippen LogP contribution in [-0.4, -0.2) is 56.9 Å². The molecule has 1 aliphatic rings. The zero-order chi connectivity index (χ0) is 23.7. The number of nitrogens with zero attached hydrogens (tertiary/aromatic N) is 6. The molecule has 0 atom stereocenters. The highest BCUT2D eigenvalue weighted by atomic mass is 15.3. The SMILES string of the molecule is C=C(Nc1cc2cc(-c3cnn(C)c3)ccc2cn1)c1ccnc(N2CCN(C(C)C)CC2)c1. The number of fused-ring (bicyclic) bond motifs is 1. The highest BCUT2D eigenvalue weighted by Gasteiger charge is 2.20. The second kappa shape index (κ2) is 9.27. The molecule has 1 aliphatic heterocycles. The number of anilines is 2. The molecule has 1 N–H and O–H groups in total. The summed E-state index contributed by atoms with van der Waals surface area (Å²) in [6.07, 6.45) is 7.66. The smallest absolute Gasteiger partial charge is 0.130 e. The number of rotatable bonds is 6. The lowest BCUT2D eigenvalue weighted by Crippen LogP contribution is -2.49. The molecule has 0 spiro atoms. The van der Waals surface area contributed by atoms with Crippen LogP contribution in [0.2, 0.25) is 0 Å². The van der Waals surface area contributed by atoms with Crippen molar-refractivity contribution in [2.75, 3.05) is 36.4 Å². The van der Waals surface area contributed by atoms with Gasteiger partial charge in [-0.25, -0.2) is 9.97 Å². The number of nitrogens with one attached hydrogen (secondary N) is 1. The Labute approximate surface area is 200 Å². The summed E-state index contributed by atoms with van der Waals surface area (Å²) in [6, 6.07) is 13.1. The first kappa shape index (κ1) is 22.1. The van der Waals surface area contributed by atoms with Crippen molar-refractivity contribution < 1.29 is 0 Å². The lowest BCUT2D eigenvalue weighted by atomic mass is 10.0. The maximum absolute atomic E-state index is 4.62. The van der Waals surface area contributed by atoms with Gasteiger partial charge in [0.15, 0.2) is 0 Å². The third-order valence-corrected chi connectivity index (χ3v) is 6.50. The Bertz CT molecular complexity index is 1320. The summed E-state index contributed by atoms with van der Waals surface area (Å²) in [4.78, 5) is 14.1. The van der Waals surface area contributed by atoms with E-state index in [1.54, 1.807) is 0 Å². The summed E-state index contributed by atoms with van der Waals surface area (Å²) < 4.78 is 1.82. The molecule has 5 rings (SSSR count). The van der Waals surface area contributed by atoms with Crippen molar-refractivity contribution in [1.29, 1.82) is 0 Å². The number of piperazine rings is 1. The second-order valence-corrected chi connectivity index (χ2v) is 9.16. The van der Waals surface area contributed by atoms with Gasteiger partial charge in [-0.3, -0.25) is 9.58 Å². The van der Waals surface area contributed by atoms with Gasteiger partial charge in [-0.2, -0.15) is 5.10 Å². The standard InChI is InChI=1S/C27H31N7/c1-19(2)33-9-11-34(12-10-33)27-15-21(7-8-28-27)20(3)31-26-14-24-13-22(5-6-23(24)16-29-26)25-17-30-32(4)18-25/h5-8,13-19H,3,9-12H2,1-2,4H3,(H,29,31). The van der Waals surface area contributed by atoms with Crippen molar-refractivity contribution in [3.63, 3.8) is 0 Å². The minimum atomic E-state index is 0.584. The molecule has 0 amide bonds. The maximum Gasteiger partial charge on any atom is 0.130 e. The van der Waals surface area contributed by atoms with E-state index in [-0.39, 0.29) is 0 Å². The van der Waals surface area contributed by atoms with E-state index in [9.17, 15) is 0 Å². The molecule has 1 aromatic carbocycles. The van der Waals surface area contributed by atoms with Crippen LogP contribution in [0.4, 0.5) is 11.6 Å². The normalized spacial score (nSPS) is 14.6. The topological polar surface area (TPSA) is 62.1 Å². The summed E-state index contributed by atoms with van der Waals surface area (Å²) in [6.45, 7) is 12.9. The molecule has 4 aromatic rings. The fraction of sp³-hybridized carbons (Fsp3) is 0.296. The van der Waals surface area contributed by atoms with Crippen molar-refractivity contribution in [3.8, 4) is 11.1 Å². The Balaban J connectivity index is 1.32. The van der Waals surface area contributed by atoms with Crippen molar-refractivity contribution >= 4 is 28.1 Å². The van der Waals surface area contributed by atoms with E-state index in [1.807, 2.05) is 42.6 Å². The van der Waals surface area contributed by atoms with Gasteiger partial charge in [0.2, 0.25) is 0 Å². The number of aromatic nitrogens is 4. The monoisotopic (exact) mass is 453 g/mol. The van der Waals surface area contributed by atoms with Crippen LogP contribution < -0.4 is 10.2 Å². The zero-order valence-corrected chi connectivity index (χ0v) is 20.1. The Morgan fingerprint density at radius 3 is 2.50 bits per heavy atom. The van der Waals surface area contributed by atoms with E-state index in [1.165, 1.54) is 0 Å². The lowest BCUT2D eigenvalue weighted by molar-refractivity contribution is 0.209. The van der Waals surface area contributed by atoms with E-state index in [0.717, 1.165) is 71.0 Å². The third kappa shape index (κ3) is 4.65. The molecular formula is C27H31N7. The predicted molar refractivity (Wildman–Crippen MR) is 140 cm³/mol. The van der Waals surface area contributed by atoms with Crippen LogP contribution in [0.25, 0.3) is 27.6 Å². The van der Waals surface area contributed by atoms with Gasteiger partial charge >= 0.3 is 0 Å². The summed E-state index contributed by atoms with van der Waals surface area (Å²) in [7, 11) is 1.93. The van der Waals surface area contributed by atoms with Gasteiger partial charge in [0.1, 0.15) is 11.6 Å². The Kier molecular flexibility index (Phi) is 6.02. The molecule has 34 heavy (non-hydrogen) atoms. The molecule has 4 heterocycles. The van der Waals surface area contributed by atoms with Crippen LogP contribution in [0, 0.1) is 0 Å². The van der Waals surface area contributed by atoms with E-state index < -0.39 is 0 Å². The molecular weight excluding hydrogens is 422 g/mol. The van der Waals surface area contributed by atoms with Gasteiger partial charge in [0, 0.05) is 80.1 Å².